The zero-order valence-electron chi connectivity index (χ0n) is 24.5. The van der Waals surface area contributed by atoms with E-state index in [1.54, 1.807) is 25.3 Å². The number of rotatable bonds is 10. The minimum atomic E-state index is -0.981. The Hall–Kier alpha value is -3.78. The fourth-order valence-corrected chi connectivity index (χ4v) is 5.26. The number of nitrogens with zero attached hydrogens (tertiary/aromatic N) is 3. The van der Waals surface area contributed by atoms with Crippen molar-refractivity contribution in [3.05, 3.63) is 23.4 Å². The molecule has 2 heterocycles. The first-order valence-electron chi connectivity index (χ1n) is 13.9. The number of halogens is 1. The van der Waals surface area contributed by atoms with Gasteiger partial charge in [0.15, 0.2) is 5.15 Å². The Morgan fingerprint density at radius 3 is 2.62 bits per heavy atom. The van der Waals surface area contributed by atoms with Gasteiger partial charge in [-0.05, 0) is 42.7 Å². The fourth-order valence-electron chi connectivity index (χ4n) is 5.08. The molecule has 1 saturated carbocycles. The Balaban J connectivity index is 1.47. The highest BCUT2D eigenvalue weighted by Crippen LogP contribution is 2.38. The lowest BCUT2D eigenvalue weighted by Crippen LogP contribution is -2.57. The van der Waals surface area contributed by atoms with E-state index in [4.69, 9.17) is 37.0 Å². The van der Waals surface area contributed by atoms with Crippen LogP contribution in [0.15, 0.2) is 18.2 Å². The van der Waals surface area contributed by atoms with Crippen LogP contribution in [0, 0.1) is 23.7 Å². The van der Waals surface area contributed by atoms with Crippen molar-refractivity contribution in [1.29, 1.82) is 0 Å². The SMILES string of the molecule is C#CCCCC1CC1OC(=O)NC(C(=O)N1CC(Oc2nc3cc(OC)ccc3nc2Cl)CC1C(=O)OC)C(C)(C)C. The van der Waals surface area contributed by atoms with Gasteiger partial charge in [0.2, 0.25) is 5.91 Å². The van der Waals surface area contributed by atoms with Gasteiger partial charge in [-0.25, -0.2) is 19.6 Å². The minimum Gasteiger partial charge on any atom is -0.497 e. The van der Waals surface area contributed by atoms with Gasteiger partial charge in [-0.15, -0.1) is 12.3 Å². The number of carbonyl (C=O) groups is 3. The first kappa shape index (κ1) is 31.2. The number of unbranched alkanes of at least 4 members (excludes halogenated alkanes) is 1. The lowest BCUT2D eigenvalue weighted by molar-refractivity contribution is -0.152. The van der Waals surface area contributed by atoms with Crippen LogP contribution in [0.4, 0.5) is 4.79 Å². The molecular formula is C30H37ClN4O7. The zero-order valence-corrected chi connectivity index (χ0v) is 25.3. The summed E-state index contributed by atoms with van der Waals surface area (Å²) in [4.78, 5) is 49.7. The predicted octanol–water partition coefficient (Wildman–Crippen LogP) is 4.15. The summed E-state index contributed by atoms with van der Waals surface area (Å²) in [5.41, 5.74) is 0.367. The lowest BCUT2D eigenvalue weighted by atomic mass is 9.85. The molecular weight excluding hydrogens is 564 g/mol. The summed E-state index contributed by atoms with van der Waals surface area (Å²) >= 11 is 6.37. The van der Waals surface area contributed by atoms with E-state index in [0.29, 0.717) is 23.2 Å². The van der Waals surface area contributed by atoms with Crippen LogP contribution in [0.25, 0.3) is 11.0 Å². The van der Waals surface area contributed by atoms with E-state index in [1.165, 1.54) is 12.0 Å². The second-order valence-electron chi connectivity index (χ2n) is 11.7. The number of fused-ring (bicyclic) bond motifs is 1. The summed E-state index contributed by atoms with van der Waals surface area (Å²) in [7, 11) is 2.80. The molecule has 1 aliphatic carbocycles. The van der Waals surface area contributed by atoms with Gasteiger partial charge in [0.1, 0.15) is 30.0 Å². The van der Waals surface area contributed by atoms with Crippen molar-refractivity contribution in [3.63, 3.8) is 0 Å². The number of methoxy groups -OCH3 is 2. The first-order chi connectivity index (χ1) is 19.9. The van der Waals surface area contributed by atoms with E-state index in [2.05, 4.69) is 21.2 Å². The van der Waals surface area contributed by atoms with Crippen LogP contribution in [0.5, 0.6) is 11.6 Å². The molecule has 12 heteroatoms. The Morgan fingerprint density at radius 2 is 1.95 bits per heavy atom. The number of likely N-dealkylation sites (tertiary alicyclic amines) is 1. The Labute approximate surface area is 250 Å². The standard InChI is InChI=1S/C30H37ClN4O7/c1-7-8-9-10-17-13-23(17)42-29(38)34-24(30(2,3)4)27(36)35-16-19(15-22(35)28(37)40-6)41-26-25(31)32-20-12-11-18(39-5)14-21(20)33-26/h1,11-12,14,17,19,22-24H,8-10,13,15-16H2,2-6H3,(H,34,38). The van der Waals surface area contributed by atoms with E-state index in [9.17, 15) is 14.4 Å². The second-order valence-corrected chi connectivity index (χ2v) is 12.0. The first-order valence-corrected chi connectivity index (χ1v) is 14.3. The van der Waals surface area contributed by atoms with Gasteiger partial charge >= 0.3 is 12.1 Å². The number of terminal acetylenes is 1. The highest BCUT2D eigenvalue weighted by Gasteiger charge is 2.47. The number of hydrogen-bond acceptors (Lipinski definition) is 9. The topological polar surface area (TPSA) is 129 Å². The van der Waals surface area contributed by atoms with Crippen LogP contribution in [-0.2, 0) is 19.1 Å². The summed E-state index contributed by atoms with van der Waals surface area (Å²) < 4.78 is 21.9. The second kappa shape index (κ2) is 13.0. The van der Waals surface area contributed by atoms with Crippen molar-refractivity contribution < 1.29 is 33.3 Å². The van der Waals surface area contributed by atoms with Crippen LogP contribution in [-0.4, -0.2) is 77.9 Å². The molecule has 0 radical (unpaired) electrons. The van der Waals surface area contributed by atoms with Crippen molar-refractivity contribution in [2.45, 2.75) is 77.2 Å². The molecule has 1 aromatic carbocycles. The third-order valence-electron chi connectivity index (χ3n) is 7.48. The molecule has 2 aliphatic rings. The van der Waals surface area contributed by atoms with Crippen LogP contribution in [0.3, 0.4) is 0 Å². The smallest absolute Gasteiger partial charge is 0.408 e. The number of carbonyl (C=O) groups excluding carboxylic acids is 3. The number of nitrogens with one attached hydrogen (secondary N) is 1. The molecule has 5 unspecified atom stereocenters. The normalized spacial score (nSPS) is 22.2. The van der Waals surface area contributed by atoms with Crippen molar-refractivity contribution in [2.75, 3.05) is 20.8 Å². The van der Waals surface area contributed by atoms with Crippen molar-refractivity contribution >= 4 is 40.6 Å². The highest BCUT2D eigenvalue weighted by atomic mass is 35.5. The van der Waals surface area contributed by atoms with Crippen LogP contribution in [0.2, 0.25) is 5.15 Å². The number of aromatic nitrogens is 2. The summed E-state index contributed by atoms with van der Waals surface area (Å²) in [5.74, 6) is 2.49. The van der Waals surface area contributed by atoms with Crippen LogP contribution >= 0.6 is 11.6 Å². The van der Waals surface area contributed by atoms with Crippen LogP contribution in [0.1, 0.15) is 52.9 Å². The van der Waals surface area contributed by atoms with Crippen molar-refractivity contribution in [1.82, 2.24) is 20.2 Å². The maximum absolute atomic E-state index is 13.9. The molecule has 11 nitrogen and oxygen atoms in total. The number of amides is 2. The largest absolute Gasteiger partial charge is 0.497 e. The summed E-state index contributed by atoms with van der Waals surface area (Å²) in [6.07, 6.45) is 7.16. The number of ether oxygens (including phenoxy) is 4. The molecule has 0 spiro atoms. The van der Waals surface area contributed by atoms with Gasteiger partial charge in [-0.3, -0.25) is 4.79 Å². The van der Waals surface area contributed by atoms with E-state index in [0.717, 1.165) is 19.3 Å². The summed E-state index contributed by atoms with van der Waals surface area (Å²) in [5, 5.41) is 2.79. The highest BCUT2D eigenvalue weighted by molar-refractivity contribution is 6.31. The summed E-state index contributed by atoms with van der Waals surface area (Å²) in [6.45, 7) is 5.51. The molecule has 2 fully saturated rings. The zero-order chi connectivity index (χ0) is 30.6. The lowest BCUT2D eigenvalue weighted by Gasteiger charge is -2.34. The number of hydrogen-bond donors (Lipinski definition) is 1. The predicted molar refractivity (Wildman–Crippen MR) is 155 cm³/mol. The summed E-state index contributed by atoms with van der Waals surface area (Å²) in [6, 6.07) is 3.26. The van der Waals surface area contributed by atoms with E-state index in [-0.39, 0.29) is 36.0 Å². The molecule has 4 rings (SSSR count). The average molecular weight is 601 g/mol. The van der Waals surface area contributed by atoms with Gasteiger partial charge in [-0.2, -0.15) is 0 Å². The molecule has 42 heavy (non-hydrogen) atoms. The molecule has 1 aromatic heterocycles. The molecule has 1 N–H and O–H groups in total. The van der Waals surface area contributed by atoms with Gasteiger partial charge < -0.3 is 29.2 Å². The van der Waals surface area contributed by atoms with Crippen molar-refractivity contribution in [3.8, 4) is 24.0 Å². The van der Waals surface area contributed by atoms with E-state index >= 15 is 0 Å². The average Bonchev–Trinajstić information content (AvgIpc) is 3.54. The molecule has 2 aromatic rings. The maximum Gasteiger partial charge on any atom is 0.408 e. The molecule has 0 bridgehead atoms. The Kier molecular flexibility index (Phi) is 9.67. The van der Waals surface area contributed by atoms with Gasteiger partial charge in [0, 0.05) is 18.9 Å². The third-order valence-corrected chi connectivity index (χ3v) is 7.73. The van der Waals surface area contributed by atoms with Gasteiger partial charge in [-0.1, -0.05) is 32.4 Å². The Bertz CT molecular complexity index is 1370. The molecule has 2 amide bonds. The number of esters is 1. The maximum atomic E-state index is 13.9. The monoisotopic (exact) mass is 600 g/mol. The Morgan fingerprint density at radius 1 is 1.19 bits per heavy atom. The van der Waals surface area contributed by atoms with E-state index < -0.39 is 41.6 Å². The third kappa shape index (κ3) is 7.34. The molecule has 1 saturated heterocycles. The number of benzene rings is 1. The van der Waals surface area contributed by atoms with Crippen LogP contribution < -0.4 is 14.8 Å². The van der Waals surface area contributed by atoms with Crippen molar-refractivity contribution in [2.24, 2.45) is 11.3 Å². The molecule has 226 valence electrons. The quantitative estimate of drug-likeness (QED) is 0.243. The van der Waals surface area contributed by atoms with E-state index in [1.807, 2.05) is 20.8 Å². The number of alkyl carbamates (subject to hydrolysis) is 1. The fraction of sp³-hybridized carbons (Fsp3) is 0.567. The minimum absolute atomic E-state index is 0.0376. The van der Waals surface area contributed by atoms with Gasteiger partial charge in [0.25, 0.3) is 5.88 Å². The molecule has 5 atom stereocenters. The molecule has 1 aliphatic heterocycles. The van der Waals surface area contributed by atoms with Gasteiger partial charge in [0.05, 0.1) is 31.8 Å².